The molecule has 0 bridgehead atoms. The molecule has 1 aliphatic rings. The van der Waals surface area contributed by atoms with Gasteiger partial charge in [0.15, 0.2) is 0 Å². The summed E-state index contributed by atoms with van der Waals surface area (Å²) in [7, 11) is 0. The number of aromatic nitrogens is 2. The van der Waals surface area contributed by atoms with Gasteiger partial charge in [-0.2, -0.15) is 0 Å². The van der Waals surface area contributed by atoms with E-state index in [4.69, 9.17) is 9.72 Å². The van der Waals surface area contributed by atoms with Crippen molar-refractivity contribution < 1.29 is 4.74 Å². The molecule has 4 aromatic carbocycles. The minimum Gasteiger partial charge on any atom is -0.457 e. The maximum atomic E-state index is 6.59. The number of pyridine rings is 1. The lowest BCUT2D eigenvalue weighted by molar-refractivity contribution is 0.483. The fourth-order valence-electron chi connectivity index (χ4n) is 6.55. The Morgan fingerprint density at radius 2 is 1.19 bits per heavy atom. The number of para-hydroxylation sites is 1. The van der Waals surface area contributed by atoms with E-state index in [9.17, 15) is 0 Å². The minimum atomic E-state index is 0.0185. The SMILES string of the molecule is CC1=C(C)N(c2cccc(C(C)(C)C)c2)CN1c1cccc(Oc2ccc3c4ccccc4n(-c4cc(C(C)(C)C)ccn4)c3c2)c1. The molecule has 2 aromatic heterocycles. The molecule has 0 amide bonds. The molecule has 0 spiro atoms. The Hall–Kier alpha value is -5.03. The van der Waals surface area contributed by atoms with Crippen LogP contribution in [0.1, 0.15) is 66.5 Å². The predicted molar refractivity (Wildman–Crippen MR) is 197 cm³/mol. The molecule has 6 aromatic rings. The second-order valence-electron chi connectivity index (χ2n) is 14.8. The van der Waals surface area contributed by atoms with Crippen LogP contribution < -0.4 is 14.5 Å². The van der Waals surface area contributed by atoms with Gasteiger partial charge in [-0.1, -0.05) is 77.9 Å². The molecular weight excluding hydrogens is 576 g/mol. The average Bonchev–Trinajstić information content (AvgIpc) is 3.53. The molecule has 0 unspecified atom stereocenters. The van der Waals surface area contributed by atoms with Crippen LogP contribution in [0.4, 0.5) is 11.4 Å². The van der Waals surface area contributed by atoms with E-state index in [0.29, 0.717) is 0 Å². The average molecular weight is 621 g/mol. The summed E-state index contributed by atoms with van der Waals surface area (Å²) in [4.78, 5) is 9.59. The summed E-state index contributed by atoms with van der Waals surface area (Å²) in [6.45, 7) is 18.7. The Kier molecular flexibility index (Phi) is 7.39. The summed E-state index contributed by atoms with van der Waals surface area (Å²) in [5.41, 5.74) is 9.71. The molecule has 0 N–H and O–H groups in total. The summed E-state index contributed by atoms with van der Waals surface area (Å²) in [6.07, 6.45) is 1.92. The number of benzene rings is 4. The first-order valence-electron chi connectivity index (χ1n) is 16.5. The van der Waals surface area contributed by atoms with Crippen molar-refractivity contribution in [3.05, 3.63) is 132 Å². The maximum Gasteiger partial charge on any atom is 0.137 e. The molecule has 5 nitrogen and oxygen atoms in total. The number of anilines is 2. The fourth-order valence-corrected chi connectivity index (χ4v) is 6.55. The molecule has 238 valence electrons. The second-order valence-corrected chi connectivity index (χ2v) is 14.8. The zero-order valence-electron chi connectivity index (χ0n) is 28.8. The van der Waals surface area contributed by atoms with Crippen LogP contribution in [0.15, 0.2) is 121 Å². The van der Waals surface area contributed by atoms with Gasteiger partial charge in [-0.15, -0.1) is 0 Å². The van der Waals surface area contributed by atoms with E-state index >= 15 is 0 Å². The van der Waals surface area contributed by atoms with E-state index in [1.54, 1.807) is 0 Å². The van der Waals surface area contributed by atoms with Gasteiger partial charge < -0.3 is 14.5 Å². The first-order valence-corrected chi connectivity index (χ1v) is 16.5. The Bertz CT molecular complexity index is 2160. The van der Waals surface area contributed by atoms with Crippen molar-refractivity contribution in [3.8, 4) is 17.3 Å². The van der Waals surface area contributed by atoms with Crippen LogP contribution in [-0.2, 0) is 10.8 Å². The number of hydrogen-bond acceptors (Lipinski definition) is 4. The van der Waals surface area contributed by atoms with Gasteiger partial charge in [-0.25, -0.2) is 4.98 Å². The van der Waals surface area contributed by atoms with Crippen molar-refractivity contribution in [2.24, 2.45) is 0 Å². The van der Waals surface area contributed by atoms with Gasteiger partial charge in [0.05, 0.1) is 17.7 Å². The van der Waals surface area contributed by atoms with Gasteiger partial charge in [0, 0.05) is 51.9 Å². The number of fused-ring (bicyclic) bond motifs is 3. The van der Waals surface area contributed by atoms with Gasteiger partial charge in [0.2, 0.25) is 0 Å². The standard InChI is InChI=1S/C42H44N4O/c1-28-29(2)45(27-44(28)32-14-11-13-30(23-32)41(3,4)5)33-15-12-16-34(25-33)47-35-19-20-37-36-17-9-10-18-38(36)46(39(37)26-35)40-24-31(21-22-43-40)42(6,7)8/h9-26H,27H2,1-8H3. The molecule has 7 rings (SSSR count). The normalized spacial score (nSPS) is 14.1. The predicted octanol–water partition coefficient (Wildman–Crippen LogP) is 11.1. The number of ether oxygens (including phenoxy) is 1. The smallest absolute Gasteiger partial charge is 0.137 e. The quantitative estimate of drug-likeness (QED) is 0.192. The summed E-state index contributed by atoms with van der Waals surface area (Å²) in [6, 6.07) is 36.6. The molecule has 1 aliphatic heterocycles. The largest absolute Gasteiger partial charge is 0.457 e. The topological polar surface area (TPSA) is 33.5 Å². The highest BCUT2D eigenvalue weighted by molar-refractivity contribution is 6.09. The third-order valence-corrected chi connectivity index (χ3v) is 9.49. The van der Waals surface area contributed by atoms with Crippen molar-refractivity contribution in [2.75, 3.05) is 16.5 Å². The second kappa shape index (κ2) is 11.3. The fraction of sp³-hybridized carbons (Fsp3) is 0.262. The number of hydrogen-bond donors (Lipinski definition) is 0. The Morgan fingerprint density at radius 1 is 0.574 bits per heavy atom. The lowest BCUT2D eigenvalue weighted by Crippen LogP contribution is -2.27. The van der Waals surface area contributed by atoms with Crippen molar-refractivity contribution in [1.29, 1.82) is 0 Å². The third kappa shape index (κ3) is 5.65. The molecule has 5 heteroatoms. The first kappa shape index (κ1) is 30.6. The summed E-state index contributed by atoms with van der Waals surface area (Å²) in [5.74, 6) is 2.50. The van der Waals surface area contributed by atoms with Crippen molar-refractivity contribution >= 4 is 33.2 Å². The van der Waals surface area contributed by atoms with E-state index in [1.165, 1.54) is 39.0 Å². The van der Waals surface area contributed by atoms with E-state index < -0.39 is 0 Å². The van der Waals surface area contributed by atoms with Crippen LogP contribution in [0.2, 0.25) is 0 Å². The Labute approximate surface area is 278 Å². The Balaban J connectivity index is 1.22. The van der Waals surface area contributed by atoms with E-state index in [2.05, 4.69) is 167 Å². The molecule has 47 heavy (non-hydrogen) atoms. The molecule has 0 aliphatic carbocycles. The third-order valence-electron chi connectivity index (χ3n) is 9.49. The van der Waals surface area contributed by atoms with Crippen molar-refractivity contribution in [2.45, 2.75) is 66.2 Å². The molecule has 0 saturated heterocycles. The van der Waals surface area contributed by atoms with Gasteiger partial charge in [0.25, 0.3) is 0 Å². The minimum absolute atomic E-state index is 0.0185. The van der Waals surface area contributed by atoms with Crippen molar-refractivity contribution in [3.63, 3.8) is 0 Å². The van der Waals surface area contributed by atoms with Crippen LogP contribution in [-0.4, -0.2) is 16.2 Å². The molecule has 0 saturated carbocycles. The van der Waals surface area contributed by atoms with Crippen LogP contribution in [0.5, 0.6) is 11.5 Å². The van der Waals surface area contributed by atoms with Gasteiger partial charge in [0.1, 0.15) is 17.3 Å². The monoisotopic (exact) mass is 620 g/mol. The first-order chi connectivity index (χ1) is 22.4. The molecule has 0 fully saturated rings. The molecule has 0 radical (unpaired) electrons. The van der Waals surface area contributed by atoms with E-state index in [1.807, 2.05) is 12.3 Å². The van der Waals surface area contributed by atoms with Gasteiger partial charge >= 0.3 is 0 Å². The zero-order valence-corrected chi connectivity index (χ0v) is 28.8. The van der Waals surface area contributed by atoms with E-state index in [-0.39, 0.29) is 10.8 Å². The van der Waals surface area contributed by atoms with Gasteiger partial charge in [-0.05, 0) is 90.4 Å². The summed E-state index contributed by atoms with van der Waals surface area (Å²) < 4.78 is 8.85. The highest BCUT2D eigenvalue weighted by atomic mass is 16.5. The molecule has 0 atom stereocenters. The number of rotatable bonds is 5. The van der Waals surface area contributed by atoms with Crippen LogP contribution in [0, 0.1) is 0 Å². The van der Waals surface area contributed by atoms with Crippen molar-refractivity contribution in [1.82, 2.24) is 9.55 Å². The zero-order chi connectivity index (χ0) is 33.1. The molecule has 3 heterocycles. The highest BCUT2D eigenvalue weighted by Crippen LogP contribution is 2.38. The van der Waals surface area contributed by atoms with E-state index in [0.717, 1.165) is 40.7 Å². The maximum absolute atomic E-state index is 6.59. The molecular formula is C42H44N4O. The lowest BCUT2D eigenvalue weighted by atomic mass is 9.87. The summed E-state index contributed by atoms with van der Waals surface area (Å²) in [5, 5.41) is 2.37. The lowest BCUT2D eigenvalue weighted by Gasteiger charge is -2.26. The van der Waals surface area contributed by atoms with Crippen LogP contribution in [0.25, 0.3) is 27.6 Å². The van der Waals surface area contributed by atoms with Crippen LogP contribution in [0.3, 0.4) is 0 Å². The highest BCUT2D eigenvalue weighted by Gasteiger charge is 2.27. The van der Waals surface area contributed by atoms with Crippen LogP contribution >= 0.6 is 0 Å². The number of nitrogens with zero attached hydrogens (tertiary/aromatic N) is 4. The number of allylic oxidation sites excluding steroid dienone is 2. The van der Waals surface area contributed by atoms with Gasteiger partial charge in [-0.3, -0.25) is 4.57 Å². The summed E-state index contributed by atoms with van der Waals surface area (Å²) >= 11 is 0. The Morgan fingerprint density at radius 3 is 1.91 bits per heavy atom.